The number of carbonyl (C=O) groups excluding carboxylic acids is 2. The van der Waals surface area contributed by atoms with Crippen molar-refractivity contribution in [1.29, 1.82) is 0 Å². The molecule has 2 atom stereocenters. The number of hydrogen-bond donors (Lipinski definition) is 0. The van der Waals surface area contributed by atoms with Gasteiger partial charge in [-0.3, -0.25) is 9.59 Å². The van der Waals surface area contributed by atoms with E-state index >= 15 is 0 Å². The topological polar surface area (TPSA) is 34.1 Å². The molecule has 2 rings (SSSR count). The highest BCUT2D eigenvalue weighted by atomic mass is 16.1. The van der Waals surface area contributed by atoms with Gasteiger partial charge in [-0.15, -0.1) is 0 Å². The van der Waals surface area contributed by atoms with Crippen molar-refractivity contribution in [2.45, 2.75) is 32.1 Å². The zero-order valence-electron chi connectivity index (χ0n) is 7.66. The molecule has 0 N–H and O–H groups in total. The van der Waals surface area contributed by atoms with E-state index in [1.54, 1.807) is 6.08 Å². The first-order valence-electron chi connectivity index (χ1n) is 5.02. The van der Waals surface area contributed by atoms with Crippen molar-refractivity contribution in [2.75, 3.05) is 0 Å². The summed E-state index contributed by atoms with van der Waals surface area (Å²) in [5.41, 5.74) is 0. The molecule has 0 bridgehead atoms. The van der Waals surface area contributed by atoms with Gasteiger partial charge in [-0.25, -0.2) is 0 Å². The number of fused-ring (bicyclic) bond motifs is 1. The highest BCUT2D eigenvalue weighted by molar-refractivity contribution is 6.08. The molecule has 0 radical (unpaired) electrons. The van der Waals surface area contributed by atoms with E-state index in [9.17, 15) is 9.59 Å². The van der Waals surface area contributed by atoms with Gasteiger partial charge in [0, 0.05) is 6.42 Å². The van der Waals surface area contributed by atoms with Gasteiger partial charge in [0.15, 0.2) is 5.78 Å². The Kier molecular flexibility index (Phi) is 2.30. The van der Waals surface area contributed by atoms with Crippen LogP contribution in [0.2, 0.25) is 0 Å². The lowest BCUT2D eigenvalue weighted by Gasteiger charge is -2.27. The fraction of sp³-hybridized carbons (Fsp3) is 0.636. The molecule has 0 amide bonds. The number of carbonyl (C=O) groups is 2. The predicted octanol–water partition coefficient (Wildman–Crippen LogP) is 1.89. The van der Waals surface area contributed by atoms with Gasteiger partial charge in [-0.1, -0.05) is 6.08 Å². The largest absolute Gasteiger partial charge is 0.299 e. The molecule has 0 aliphatic heterocycles. The maximum absolute atomic E-state index is 11.6. The van der Waals surface area contributed by atoms with Gasteiger partial charge in [0.2, 0.25) is 0 Å². The fourth-order valence-electron chi connectivity index (χ4n) is 2.44. The van der Waals surface area contributed by atoms with Gasteiger partial charge >= 0.3 is 0 Å². The summed E-state index contributed by atoms with van der Waals surface area (Å²) in [6.45, 7) is 0. The maximum atomic E-state index is 11.6. The smallest absolute Gasteiger partial charge is 0.166 e. The monoisotopic (exact) mass is 178 g/mol. The quantitative estimate of drug-likeness (QED) is 0.531. The van der Waals surface area contributed by atoms with Gasteiger partial charge in [-0.05, 0) is 37.7 Å². The molecular weight excluding hydrogens is 164 g/mol. The van der Waals surface area contributed by atoms with Crippen molar-refractivity contribution < 1.29 is 9.59 Å². The highest BCUT2D eigenvalue weighted by Crippen LogP contribution is 2.33. The summed E-state index contributed by atoms with van der Waals surface area (Å²) in [6, 6.07) is 0. The van der Waals surface area contributed by atoms with E-state index in [2.05, 4.69) is 0 Å². The summed E-state index contributed by atoms with van der Waals surface area (Å²) in [4.78, 5) is 23.1. The summed E-state index contributed by atoms with van der Waals surface area (Å²) < 4.78 is 0. The van der Waals surface area contributed by atoms with Crippen LogP contribution in [0.5, 0.6) is 0 Å². The fourth-order valence-corrected chi connectivity index (χ4v) is 2.44. The molecule has 2 heteroatoms. The molecule has 1 fully saturated rings. The minimum atomic E-state index is -0.285. The third-order valence-electron chi connectivity index (χ3n) is 3.11. The summed E-state index contributed by atoms with van der Waals surface area (Å²) >= 11 is 0. The Morgan fingerprint density at radius 2 is 2.08 bits per heavy atom. The first-order chi connectivity index (χ1) is 6.29. The van der Waals surface area contributed by atoms with E-state index in [4.69, 9.17) is 0 Å². The number of allylic oxidation sites excluding steroid dienone is 2. The van der Waals surface area contributed by atoms with E-state index < -0.39 is 0 Å². The summed E-state index contributed by atoms with van der Waals surface area (Å²) in [5, 5.41) is 0. The summed E-state index contributed by atoms with van der Waals surface area (Å²) in [6.07, 6.45) is 8.14. The lowest BCUT2D eigenvalue weighted by Crippen LogP contribution is -2.33. The number of rotatable bonds is 0. The van der Waals surface area contributed by atoms with Crippen molar-refractivity contribution in [3.8, 4) is 0 Å². The molecule has 2 nitrogen and oxygen atoms in total. The van der Waals surface area contributed by atoms with E-state index in [0.717, 1.165) is 25.7 Å². The van der Waals surface area contributed by atoms with Crippen LogP contribution in [-0.2, 0) is 9.59 Å². The molecule has 0 spiro atoms. The average Bonchev–Trinajstić information content (AvgIpc) is 2.29. The lowest BCUT2D eigenvalue weighted by molar-refractivity contribution is -0.134. The Labute approximate surface area is 78.0 Å². The van der Waals surface area contributed by atoms with Crippen LogP contribution in [0.1, 0.15) is 32.1 Å². The van der Waals surface area contributed by atoms with Gasteiger partial charge in [0.05, 0.1) is 5.92 Å². The lowest BCUT2D eigenvalue weighted by atomic mass is 9.75. The normalized spacial score (nSPS) is 34.2. The molecule has 2 aliphatic rings. The third-order valence-corrected chi connectivity index (χ3v) is 3.11. The molecule has 0 heterocycles. The van der Waals surface area contributed by atoms with Crippen LogP contribution >= 0.6 is 0 Å². The Hall–Kier alpha value is -0.920. The number of ketones is 2. The van der Waals surface area contributed by atoms with Crippen LogP contribution in [0.15, 0.2) is 12.2 Å². The van der Waals surface area contributed by atoms with Gasteiger partial charge in [-0.2, -0.15) is 0 Å². The van der Waals surface area contributed by atoms with Crippen LogP contribution in [0.4, 0.5) is 0 Å². The minimum absolute atomic E-state index is 0.0483. The maximum Gasteiger partial charge on any atom is 0.166 e. The Balaban J connectivity index is 2.23. The Morgan fingerprint density at radius 1 is 1.23 bits per heavy atom. The van der Waals surface area contributed by atoms with Crippen molar-refractivity contribution >= 4 is 11.6 Å². The van der Waals surface area contributed by atoms with Crippen LogP contribution in [0.3, 0.4) is 0 Å². The second kappa shape index (κ2) is 3.44. The van der Waals surface area contributed by atoms with E-state index in [1.807, 2.05) is 6.08 Å². The van der Waals surface area contributed by atoms with Crippen LogP contribution < -0.4 is 0 Å². The molecule has 1 saturated carbocycles. The second-order valence-corrected chi connectivity index (χ2v) is 3.98. The zero-order valence-corrected chi connectivity index (χ0v) is 7.66. The first kappa shape index (κ1) is 8.67. The van der Waals surface area contributed by atoms with E-state index in [-0.39, 0.29) is 17.5 Å². The van der Waals surface area contributed by atoms with Crippen molar-refractivity contribution in [2.24, 2.45) is 11.8 Å². The Morgan fingerprint density at radius 3 is 2.92 bits per heavy atom. The zero-order chi connectivity index (χ0) is 9.26. The van der Waals surface area contributed by atoms with Crippen molar-refractivity contribution in [1.82, 2.24) is 0 Å². The minimum Gasteiger partial charge on any atom is -0.299 e. The van der Waals surface area contributed by atoms with Crippen molar-refractivity contribution in [3.63, 3.8) is 0 Å². The molecule has 0 aromatic carbocycles. The molecule has 0 aromatic heterocycles. The summed E-state index contributed by atoms with van der Waals surface area (Å²) in [5.74, 6) is 0.274. The summed E-state index contributed by atoms with van der Waals surface area (Å²) in [7, 11) is 0. The highest BCUT2D eigenvalue weighted by Gasteiger charge is 2.36. The molecule has 0 saturated heterocycles. The number of Topliss-reactive ketones (excluding diaryl/α,β-unsaturated/α-hetero) is 1. The van der Waals surface area contributed by atoms with Crippen LogP contribution in [0.25, 0.3) is 0 Å². The van der Waals surface area contributed by atoms with E-state index in [1.165, 1.54) is 0 Å². The molecule has 2 unspecified atom stereocenters. The molecule has 70 valence electrons. The number of hydrogen-bond acceptors (Lipinski definition) is 2. The Bertz CT molecular complexity index is 265. The molecule has 13 heavy (non-hydrogen) atoms. The van der Waals surface area contributed by atoms with Crippen LogP contribution in [0, 0.1) is 11.8 Å². The van der Waals surface area contributed by atoms with Crippen molar-refractivity contribution in [3.05, 3.63) is 12.2 Å². The van der Waals surface area contributed by atoms with Crippen LogP contribution in [-0.4, -0.2) is 11.6 Å². The third kappa shape index (κ3) is 1.58. The molecular formula is C11H14O2. The first-order valence-corrected chi connectivity index (χ1v) is 5.02. The van der Waals surface area contributed by atoms with Gasteiger partial charge in [0.1, 0.15) is 5.78 Å². The van der Waals surface area contributed by atoms with Gasteiger partial charge in [0.25, 0.3) is 0 Å². The SMILES string of the molecule is O=C1C=CCCC2CCCC(=O)C12. The predicted molar refractivity (Wildman–Crippen MR) is 49.2 cm³/mol. The second-order valence-electron chi connectivity index (χ2n) is 3.98. The average molecular weight is 178 g/mol. The van der Waals surface area contributed by atoms with E-state index in [0.29, 0.717) is 12.3 Å². The van der Waals surface area contributed by atoms with Gasteiger partial charge < -0.3 is 0 Å². The molecule has 2 aliphatic carbocycles. The standard InChI is InChI=1S/C11H14O2/c12-9-6-2-1-4-8-5-3-7-10(13)11(8)9/h2,6,8,11H,1,3-5,7H2. The molecule has 0 aromatic rings.